The van der Waals surface area contributed by atoms with Gasteiger partial charge in [0, 0.05) is 33.2 Å². The first-order valence-corrected chi connectivity index (χ1v) is 10.4. The van der Waals surface area contributed by atoms with Crippen LogP contribution in [0.3, 0.4) is 0 Å². The number of amides is 1. The van der Waals surface area contributed by atoms with Gasteiger partial charge in [-0.1, -0.05) is 18.7 Å². The van der Waals surface area contributed by atoms with Gasteiger partial charge in [0.25, 0.3) is 5.56 Å². The third-order valence-corrected chi connectivity index (χ3v) is 6.17. The van der Waals surface area contributed by atoms with Crippen LogP contribution in [0.4, 0.5) is 0 Å². The average Bonchev–Trinajstić information content (AvgIpc) is 3.02. The van der Waals surface area contributed by atoms with Crippen molar-refractivity contribution in [3.8, 4) is 0 Å². The summed E-state index contributed by atoms with van der Waals surface area (Å²) in [6.07, 6.45) is 4.08. The summed E-state index contributed by atoms with van der Waals surface area (Å²) in [6, 6.07) is 0.273. The van der Waals surface area contributed by atoms with Gasteiger partial charge in [-0.05, 0) is 32.6 Å². The molecule has 1 aliphatic heterocycles. The van der Waals surface area contributed by atoms with Gasteiger partial charge in [-0.3, -0.25) is 18.7 Å². The Kier molecular flexibility index (Phi) is 5.78. The first-order valence-electron chi connectivity index (χ1n) is 9.45. The van der Waals surface area contributed by atoms with Gasteiger partial charge in [0.15, 0.2) is 16.3 Å². The molecule has 0 unspecified atom stereocenters. The van der Waals surface area contributed by atoms with Crippen molar-refractivity contribution in [2.75, 3.05) is 12.3 Å². The van der Waals surface area contributed by atoms with Gasteiger partial charge < -0.3 is 9.47 Å². The molecule has 0 aliphatic carbocycles. The van der Waals surface area contributed by atoms with Gasteiger partial charge in [0.1, 0.15) is 0 Å². The van der Waals surface area contributed by atoms with Gasteiger partial charge in [0.2, 0.25) is 5.91 Å². The number of hydrogen-bond acceptors (Lipinski definition) is 5. The molecule has 0 aromatic carbocycles. The van der Waals surface area contributed by atoms with Gasteiger partial charge in [0.05, 0.1) is 5.75 Å². The first-order chi connectivity index (χ1) is 12.9. The summed E-state index contributed by atoms with van der Waals surface area (Å²) in [4.78, 5) is 44.0. The minimum absolute atomic E-state index is 0.101. The fraction of sp³-hybridized carbons (Fsp3) is 0.667. The highest BCUT2D eigenvalue weighted by atomic mass is 32.2. The lowest BCUT2D eigenvalue weighted by molar-refractivity contribution is -0.131. The van der Waals surface area contributed by atoms with E-state index in [1.54, 1.807) is 7.05 Å². The summed E-state index contributed by atoms with van der Waals surface area (Å²) in [5, 5.41) is 0.614. The molecule has 1 fully saturated rings. The molecule has 2 aromatic heterocycles. The molecule has 3 rings (SSSR count). The second-order valence-corrected chi connectivity index (χ2v) is 8.09. The van der Waals surface area contributed by atoms with E-state index >= 15 is 0 Å². The standard InChI is InChI=1S/C18H27N5O3S/c1-5-9-23-14-15(20(3)18(26)21(4)16(14)25)19-17(23)27-11-13(24)22-10-7-6-8-12(22)2/h12H,5-11H2,1-4H3/t12-/m0/s1. The monoisotopic (exact) mass is 393 g/mol. The summed E-state index contributed by atoms with van der Waals surface area (Å²) in [7, 11) is 3.09. The van der Waals surface area contributed by atoms with E-state index in [4.69, 9.17) is 0 Å². The molecule has 0 bridgehead atoms. The number of nitrogens with zero attached hydrogens (tertiary/aromatic N) is 5. The molecule has 27 heavy (non-hydrogen) atoms. The molecule has 0 radical (unpaired) electrons. The highest BCUT2D eigenvalue weighted by Gasteiger charge is 2.25. The molecule has 8 nitrogen and oxygen atoms in total. The number of carbonyl (C=O) groups excluding carboxylic acids is 1. The number of thioether (sulfide) groups is 1. The lowest BCUT2D eigenvalue weighted by Crippen LogP contribution is -2.43. The number of carbonyl (C=O) groups is 1. The van der Waals surface area contributed by atoms with Gasteiger partial charge in [-0.25, -0.2) is 9.78 Å². The Bertz CT molecular complexity index is 974. The highest BCUT2D eigenvalue weighted by molar-refractivity contribution is 7.99. The molecule has 9 heteroatoms. The van der Waals surface area contributed by atoms with Crippen LogP contribution in [-0.2, 0) is 25.4 Å². The van der Waals surface area contributed by atoms with Crippen molar-refractivity contribution in [2.24, 2.45) is 14.1 Å². The molecule has 148 valence electrons. The normalized spacial score (nSPS) is 17.6. The Morgan fingerprint density at radius 3 is 2.63 bits per heavy atom. The number of likely N-dealkylation sites (tertiary alicyclic amines) is 1. The summed E-state index contributed by atoms with van der Waals surface area (Å²) >= 11 is 1.34. The lowest BCUT2D eigenvalue weighted by atomic mass is 10.0. The summed E-state index contributed by atoms with van der Waals surface area (Å²) in [6.45, 7) is 5.53. The maximum atomic E-state index is 12.7. The van der Waals surface area contributed by atoms with Gasteiger partial charge >= 0.3 is 5.69 Å². The smallest absolute Gasteiger partial charge is 0.332 e. The van der Waals surface area contributed by atoms with Crippen LogP contribution in [-0.4, -0.2) is 47.8 Å². The summed E-state index contributed by atoms with van der Waals surface area (Å²) < 4.78 is 4.33. The SMILES string of the molecule is CCCn1c(SCC(=O)N2CCCC[C@@H]2C)nc2c1c(=O)n(C)c(=O)n2C. The van der Waals surface area contributed by atoms with Crippen LogP contribution in [0.25, 0.3) is 11.2 Å². The largest absolute Gasteiger partial charge is 0.339 e. The van der Waals surface area contributed by atoms with Gasteiger partial charge in [-0.15, -0.1) is 0 Å². The maximum absolute atomic E-state index is 12.7. The molecule has 2 aromatic rings. The zero-order valence-electron chi connectivity index (χ0n) is 16.4. The average molecular weight is 394 g/mol. The van der Waals surface area contributed by atoms with Crippen molar-refractivity contribution in [2.45, 2.75) is 57.3 Å². The molecule has 0 N–H and O–H groups in total. The van der Waals surface area contributed by atoms with Crippen molar-refractivity contribution in [1.82, 2.24) is 23.6 Å². The molecule has 0 saturated carbocycles. The minimum atomic E-state index is -0.400. The van der Waals surface area contributed by atoms with Gasteiger partial charge in [-0.2, -0.15) is 0 Å². The lowest BCUT2D eigenvalue weighted by Gasteiger charge is -2.33. The second-order valence-electron chi connectivity index (χ2n) is 7.14. The van der Waals surface area contributed by atoms with E-state index in [2.05, 4.69) is 11.9 Å². The van der Waals surface area contributed by atoms with Crippen molar-refractivity contribution >= 4 is 28.8 Å². The molecule has 1 atom stereocenters. The predicted molar refractivity (Wildman–Crippen MR) is 106 cm³/mol. The predicted octanol–water partition coefficient (Wildman–Crippen LogP) is 1.34. The zero-order chi connectivity index (χ0) is 19.7. The van der Waals surface area contributed by atoms with E-state index in [0.29, 0.717) is 22.9 Å². The Labute approximate surface area is 162 Å². The fourth-order valence-electron chi connectivity index (χ4n) is 3.65. The second kappa shape index (κ2) is 7.92. The van der Waals surface area contributed by atoms with Crippen LogP contribution < -0.4 is 11.2 Å². The topological polar surface area (TPSA) is 82.1 Å². The van der Waals surface area contributed by atoms with E-state index in [1.807, 2.05) is 16.4 Å². The number of imidazole rings is 1. The molecule has 1 amide bonds. The number of hydrogen-bond donors (Lipinski definition) is 0. The quantitative estimate of drug-likeness (QED) is 0.716. The first kappa shape index (κ1) is 19.7. The maximum Gasteiger partial charge on any atom is 0.332 e. The molecule has 1 aliphatic rings. The van der Waals surface area contributed by atoms with Crippen molar-refractivity contribution in [1.29, 1.82) is 0 Å². The van der Waals surface area contributed by atoms with Crippen LogP contribution >= 0.6 is 11.8 Å². The van der Waals surface area contributed by atoms with E-state index in [-0.39, 0.29) is 23.3 Å². The van der Waals surface area contributed by atoms with E-state index in [0.717, 1.165) is 30.4 Å². The number of fused-ring (bicyclic) bond motifs is 1. The number of aromatic nitrogens is 4. The molecular weight excluding hydrogens is 366 g/mol. The zero-order valence-corrected chi connectivity index (χ0v) is 17.2. The third kappa shape index (κ3) is 3.56. The number of aryl methyl sites for hydroxylation is 2. The van der Waals surface area contributed by atoms with Crippen LogP contribution in [0.15, 0.2) is 14.7 Å². The van der Waals surface area contributed by atoms with Crippen molar-refractivity contribution in [3.05, 3.63) is 20.8 Å². The molecular formula is C18H27N5O3S. The van der Waals surface area contributed by atoms with E-state index in [1.165, 1.54) is 29.8 Å². The molecule has 0 spiro atoms. The van der Waals surface area contributed by atoms with Crippen LogP contribution in [0.5, 0.6) is 0 Å². The molecule has 3 heterocycles. The number of piperidine rings is 1. The minimum Gasteiger partial charge on any atom is -0.339 e. The Morgan fingerprint density at radius 2 is 1.96 bits per heavy atom. The van der Waals surface area contributed by atoms with Crippen LogP contribution in [0.2, 0.25) is 0 Å². The fourth-order valence-corrected chi connectivity index (χ4v) is 4.55. The van der Waals surface area contributed by atoms with Crippen LogP contribution in [0, 0.1) is 0 Å². The Morgan fingerprint density at radius 1 is 1.22 bits per heavy atom. The molecule has 1 saturated heterocycles. The highest BCUT2D eigenvalue weighted by Crippen LogP contribution is 2.24. The van der Waals surface area contributed by atoms with E-state index in [9.17, 15) is 14.4 Å². The van der Waals surface area contributed by atoms with Crippen molar-refractivity contribution < 1.29 is 4.79 Å². The van der Waals surface area contributed by atoms with E-state index < -0.39 is 5.69 Å². The van der Waals surface area contributed by atoms with Crippen molar-refractivity contribution in [3.63, 3.8) is 0 Å². The number of rotatable bonds is 5. The Hall–Kier alpha value is -2.03. The third-order valence-electron chi connectivity index (χ3n) is 5.21. The summed E-state index contributed by atoms with van der Waals surface area (Å²) in [5.74, 6) is 0.384. The van der Waals surface area contributed by atoms with Crippen LogP contribution in [0.1, 0.15) is 39.5 Å². The Balaban J connectivity index is 1.94. The summed E-state index contributed by atoms with van der Waals surface area (Å²) in [5.41, 5.74) is 0.0425.